The molecule has 1 aromatic heterocycles. The maximum absolute atomic E-state index is 14.3. The monoisotopic (exact) mass is 522 g/mol. The van der Waals surface area contributed by atoms with Gasteiger partial charge in [-0.2, -0.15) is 4.98 Å². The molecule has 2 saturated heterocycles. The molecule has 9 heteroatoms. The highest BCUT2D eigenvalue weighted by Crippen LogP contribution is 2.35. The van der Waals surface area contributed by atoms with E-state index in [0.717, 1.165) is 23.2 Å². The smallest absolute Gasteiger partial charge is 0.228 e. The number of rotatable bonds is 5. The first-order valence-electron chi connectivity index (χ1n) is 12.3. The molecule has 2 fully saturated rings. The van der Waals surface area contributed by atoms with Gasteiger partial charge in [0.2, 0.25) is 5.95 Å². The van der Waals surface area contributed by atoms with Crippen LogP contribution in [0.4, 0.5) is 20.5 Å². The third-order valence-electron chi connectivity index (χ3n) is 6.83. The molecule has 0 amide bonds. The summed E-state index contributed by atoms with van der Waals surface area (Å²) >= 11 is 6.13. The SMILES string of the molecule is Fc1ccc(OC2CCN(c3nc(N4CCOCC4c4ccc(Cl)cc4)c4ccc(F)cc4n3)C2)cc1. The van der Waals surface area contributed by atoms with Gasteiger partial charge < -0.3 is 19.3 Å². The second-order valence-electron chi connectivity index (χ2n) is 9.27. The van der Waals surface area contributed by atoms with Gasteiger partial charge in [-0.05, 0) is 54.1 Å². The van der Waals surface area contributed by atoms with Crippen molar-refractivity contribution in [2.75, 3.05) is 42.6 Å². The van der Waals surface area contributed by atoms with Crippen LogP contribution in [0.15, 0.2) is 66.7 Å². The van der Waals surface area contributed by atoms with Crippen LogP contribution in [0, 0.1) is 11.6 Å². The van der Waals surface area contributed by atoms with E-state index >= 15 is 0 Å². The predicted octanol–water partition coefficient (Wildman–Crippen LogP) is 5.80. The molecule has 2 atom stereocenters. The molecule has 6 rings (SSSR count). The number of halogens is 3. The van der Waals surface area contributed by atoms with E-state index < -0.39 is 0 Å². The van der Waals surface area contributed by atoms with Crippen molar-refractivity contribution in [1.29, 1.82) is 0 Å². The molecule has 2 aliphatic rings. The first-order chi connectivity index (χ1) is 18.0. The van der Waals surface area contributed by atoms with Gasteiger partial charge in [0, 0.05) is 36.0 Å². The zero-order valence-electron chi connectivity index (χ0n) is 20.0. The number of fused-ring (bicyclic) bond motifs is 1. The van der Waals surface area contributed by atoms with Crippen LogP contribution in [0.5, 0.6) is 5.75 Å². The first kappa shape index (κ1) is 23.9. The number of hydrogen-bond donors (Lipinski definition) is 0. The standard InChI is InChI=1S/C28H25ClF2N4O2/c29-19-3-1-18(2-4-19)26-17-36-14-13-35(26)27-24-10-7-21(31)15-25(24)32-28(33-27)34-12-11-23(16-34)37-22-8-5-20(30)6-9-22/h1-10,15,23,26H,11-14,16-17H2. The zero-order valence-corrected chi connectivity index (χ0v) is 20.7. The normalized spacial score (nSPS) is 20.0. The molecule has 190 valence electrons. The lowest BCUT2D eigenvalue weighted by Gasteiger charge is -2.37. The van der Waals surface area contributed by atoms with Crippen molar-refractivity contribution in [1.82, 2.24) is 9.97 Å². The second-order valence-corrected chi connectivity index (χ2v) is 9.71. The Morgan fingerprint density at radius 3 is 2.51 bits per heavy atom. The van der Waals surface area contributed by atoms with Gasteiger partial charge in [-0.25, -0.2) is 13.8 Å². The summed E-state index contributed by atoms with van der Waals surface area (Å²) in [6.07, 6.45) is 0.674. The van der Waals surface area contributed by atoms with E-state index in [2.05, 4.69) is 9.80 Å². The number of morpholine rings is 1. The summed E-state index contributed by atoms with van der Waals surface area (Å²) in [5.41, 5.74) is 1.61. The van der Waals surface area contributed by atoms with Gasteiger partial charge in [-0.1, -0.05) is 23.7 Å². The Morgan fingerprint density at radius 2 is 1.70 bits per heavy atom. The van der Waals surface area contributed by atoms with Crippen LogP contribution >= 0.6 is 11.6 Å². The van der Waals surface area contributed by atoms with Crippen LogP contribution in [0.3, 0.4) is 0 Å². The van der Waals surface area contributed by atoms with Gasteiger partial charge in [0.1, 0.15) is 29.3 Å². The number of aromatic nitrogens is 2. The Bertz CT molecular complexity index is 1400. The molecule has 3 aromatic carbocycles. The van der Waals surface area contributed by atoms with E-state index in [1.165, 1.54) is 24.3 Å². The molecular formula is C28H25ClF2N4O2. The lowest BCUT2D eigenvalue weighted by Crippen LogP contribution is -2.40. The summed E-state index contributed by atoms with van der Waals surface area (Å²) in [4.78, 5) is 14.0. The third-order valence-corrected chi connectivity index (χ3v) is 7.08. The molecule has 37 heavy (non-hydrogen) atoms. The van der Waals surface area contributed by atoms with Crippen molar-refractivity contribution < 1.29 is 18.3 Å². The van der Waals surface area contributed by atoms with Crippen molar-refractivity contribution in [3.63, 3.8) is 0 Å². The van der Waals surface area contributed by atoms with E-state index in [0.29, 0.717) is 55.1 Å². The molecule has 6 nitrogen and oxygen atoms in total. The van der Waals surface area contributed by atoms with E-state index in [4.69, 9.17) is 31.0 Å². The topological polar surface area (TPSA) is 50.7 Å². The van der Waals surface area contributed by atoms with Crippen LogP contribution in [0.1, 0.15) is 18.0 Å². The predicted molar refractivity (Wildman–Crippen MR) is 139 cm³/mol. The molecule has 2 unspecified atom stereocenters. The fraction of sp³-hybridized carbons (Fsp3) is 0.286. The van der Waals surface area contributed by atoms with Gasteiger partial charge in [0.15, 0.2) is 0 Å². The summed E-state index contributed by atoms with van der Waals surface area (Å²) in [5, 5.41) is 1.45. The lowest BCUT2D eigenvalue weighted by atomic mass is 10.0. The van der Waals surface area contributed by atoms with E-state index in [1.807, 2.05) is 24.3 Å². The maximum Gasteiger partial charge on any atom is 0.228 e. The number of nitrogens with zero attached hydrogens (tertiary/aromatic N) is 4. The Kier molecular flexibility index (Phi) is 6.52. The molecule has 0 N–H and O–H groups in total. The minimum atomic E-state index is -0.349. The Morgan fingerprint density at radius 1 is 0.919 bits per heavy atom. The van der Waals surface area contributed by atoms with Crippen molar-refractivity contribution in [3.05, 3.63) is 89.0 Å². The maximum atomic E-state index is 14.3. The van der Waals surface area contributed by atoms with Gasteiger partial charge in [0.25, 0.3) is 0 Å². The van der Waals surface area contributed by atoms with Crippen molar-refractivity contribution >= 4 is 34.3 Å². The van der Waals surface area contributed by atoms with Crippen LogP contribution in [0.25, 0.3) is 10.9 Å². The number of ether oxygens (including phenoxy) is 2. The lowest BCUT2D eigenvalue weighted by molar-refractivity contribution is 0.0939. The van der Waals surface area contributed by atoms with Gasteiger partial charge in [0.05, 0.1) is 31.3 Å². The molecule has 3 heterocycles. The summed E-state index contributed by atoms with van der Waals surface area (Å²) in [6, 6.07) is 18.3. The van der Waals surface area contributed by atoms with Crippen LogP contribution in [-0.2, 0) is 4.74 Å². The summed E-state index contributed by atoms with van der Waals surface area (Å²) in [7, 11) is 0. The fourth-order valence-electron chi connectivity index (χ4n) is 4.96. The van der Waals surface area contributed by atoms with Crippen molar-refractivity contribution in [3.8, 4) is 5.75 Å². The number of hydrogen-bond acceptors (Lipinski definition) is 6. The summed E-state index contributed by atoms with van der Waals surface area (Å²) < 4.78 is 39.4. The molecule has 4 aromatic rings. The van der Waals surface area contributed by atoms with Crippen LogP contribution in [-0.4, -0.2) is 48.9 Å². The number of anilines is 2. The van der Waals surface area contributed by atoms with Crippen LogP contribution < -0.4 is 14.5 Å². The highest BCUT2D eigenvalue weighted by atomic mass is 35.5. The number of benzene rings is 3. The fourth-order valence-corrected chi connectivity index (χ4v) is 5.09. The zero-order chi connectivity index (χ0) is 25.4. The highest BCUT2D eigenvalue weighted by molar-refractivity contribution is 6.30. The molecule has 0 spiro atoms. The van der Waals surface area contributed by atoms with E-state index in [9.17, 15) is 8.78 Å². The highest BCUT2D eigenvalue weighted by Gasteiger charge is 2.31. The summed E-state index contributed by atoms with van der Waals surface area (Å²) in [5.74, 6) is 1.24. The minimum absolute atomic E-state index is 0.0739. The Labute approximate surface area is 218 Å². The average molecular weight is 523 g/mol. The van der Waals surface area contributed by atoms with E-state index in [1.54, 1.807) is 18.2 Å². The molecule has 0 bridgehead atoms. The molecule has 0 aliphatic carbocycles. The first-order valence-corrected chi connectivity index (χ1v) is 12.7. The Hall–Kier alpha value is -3.49. The molecular weight excluding hydrogens is 498 g/mol. The van der Waals surface area contributed by atoms with Crippen molar-refractivity contribution in [2.24, 2.45) is 0 Å². The summed E-state index contributed by atoms with van der Waals surface area (Å²) in [6.45, 7) is 2.95. The van der Waals surface area contributed by atoms with Gasteiger partial charge in [-0.3, -0.25) is 0 Å². The second kappa shape index (κ2) is 10.1. The minimum Gasteiger partial charge on any atom is -0.489 e. The largest absolute Gasteiger partial charge is 0.489 e. The quantitative estimate of drug-likeness (QED) is 0.330. The van der Waals surface area contributed by atoms with Crippen molar-refractivity contribution in [2.45, 2.75) is 18.6 Å². The molecule has 2 aliphatic heterocycles. The van der Waals surface area contributed by atoms with E-state index in [-0.39, 0.29) is 23.8 Å². The Balaban J connectivity index is 1.33. The van der Waals surface area contributed by atoms with Gasteiger partial charge >= 0.3 is 0 Å². The van der Waals surface area contributed by atoms with Crippen LogP contribution in [0.2, 0.25) is 5.02 Å². The van der Waals surface area contributed by atoms with Gasteiger partial charge in [-0.15, -0.1) is 0 Å². The average Bonchev–Trinajstić information content (AvgIpc) is 3.38. The molecule has 0 radical (unpaired) electrons. The molecule has 0 saturated carbocycles. The third kappa shape index (κ3) is 5.04.